The summed E-state index contributed by atoms with van der Waals surface area (Å²) in [5.41, 5.74) is 4.77. The third-order valence-electron chi connectivity index (χ3n) is 7.47. The number of phenols is 1. The molecule has 0 radical (unpaired) electrons. The second kappa shape index (κ2) is 7.60. The summed E-state index contributed by atoms with van der Waals surface area (Å²) in [6.07, 6.45) is 8.99. The van der Waals surface area contributed by atoms with Gasteiger partial charge in [0.2, 0.25) is 0 Å². The number of phenolic OH excluding ortho intramolecular Hbond substituents is 1. The Morgan fingerprint density at radius 3 is 2.74 bits per heavy atom. The Kier molecular flexibility index (Phi) is 5.35. The molecule has 0 spiro atoms. The highest BCUT2D eigenvalue weighted by molar-refractivity contribution is 8.93. The van der Waals surface area contributed by atoms with Crippen molar-refractivity contribution in [2.45, 2.75) is 56.4 Å². The molecule has 1 saturated heterocycles. The summed E-state index contributed by atoms with van der Waals surface area (Å²) in [6, 6.07) is 17.8. The quantitative estimate of drug-likeness (QED) is 0.720. The Morgan fingerprint density at radius 2 is 1.89 bits per heavy atom. The van der Waals surface area contributed by atoms with Crippen molar-refractivity contribution >= 4 is 17.0 Å². The van der Waals surface area contributed by atoms with Gasteiger partial charge in [0.15, 0.2) is 0 Å². The van der Waals surface area contributed by atoms with Crippen molar-refractivity contribution < 1.29 is 5.11 Å². The van der Waals surface area contributed by atoms with Crippen LogP contribution in [0.5, 0.6) is 5.75 Å². The van der Waals surface area contributed by atoms with Crippen molar-refractivity contribution in [2.24, 2.45) is 5.92 Å². The Balaban J connectivity index is 0.00000180. The van der Waals surface area contributed by atoms with E-state index in [1.807, 2.05) is 6.07 Å². The van der Waals surface area contributed by atoms with Crippen LogP contribution in [0.1, 0.15) is 48.8 Å². The van der Waals surface area contributed by atoms with Gasteiger partial charge in [0.1, 0.15) is 5.75 Å². The number of aromatic hydroxyl groups is 1. The van der Waals surface area contributed by atoms with E-state index < -0.39 is 0 Å². The first-order valence-electron chi connectivity index (χ1n) is 10.4. The molecule has 27 heavy (non-hydrogen) atoms. The predicted octanol–water partition coefficient (Wildman–Crippen LogP) is 5.27. The molecule has 2 aromatic carbocycles. The van der Waals surface area contributed by atoms with Crippen LogP contribution in [0.3, 0.4) is 0 Å². The third-order valence-corrected chi connectivity index (χ3v) is 7.47. The maximum atomic E-state index is 10.1. The molecule has 5 rings (SSSR count). The van der Waals surface area contributed by atoms with Crippen LogP contribution in [0, 0.1) is 5.92 Å². The lowest BCUT2D eigenvalue weighted by Crippen LogP contribution is -2.61. The number of nitrogens with zero attached hydrogens (tertiary/aromatic N) is 1. The van der Waals surface area contributed by atoms with Crippen molar-refractivity contribution in [3.8, 4) is 5.75 Å². The van der Waals surface area contributed by atoms with Crippen molar-refractivity contribution in [3.05, 3.63) is 65.2 Å². The second-order valence-corrected chi connectivity index (χ2v) is 8.64. The van der Waals surface area contributed by atoms with E-state index in [0.29, 0.717) is 17.2 Å². The van der Waals surface area contributed by atoms with E-state index in [1.165, 1.54) is 61.9 Å². The van der Waals surface area contributed by atoms with Gasteiger partial charge in [-0.15, -0.1) is 17.0 Å². The zero-order chi connectivity index (χ0) is 17.6. The number of likely N-dealkylation sites (tertiary alicyclic amines) is 1. The van der Waals surface area contributed by atoms with E-state index in [9.17, 15) is 5.11 Å². The Bertz CT molecular complexity index is 792. The van der Waals surface area contributed by atoms with Gasteiger partial charge in [-0.3, -0.25) is 4.90 Å². The molecular weight excluding hydrogens is 398 g/mol. The van der Waals surface area contributed by atoms with E-state index in [2.05, 4.69) is 47.4 Å². The fourth-order valence-corrected chi connectivity index (χ4v) is 6.27. The van der Waals surface area contributed by atoms with E-state index in [0.717, 1.165) is 18.8 Å². The number of halogens is 1. The van der Waals surface area contributed by atoms with Crippen molar-refractivity contribution in [1.29, 1.82) is 0 Å². The molecule has 144 valence electrons. The summed E-state index contributed by atoms with van der Waals surface area (Å²) >= 11 is 0. The average molecular weight is 428 g/mol. The third kappa shape index (κ3) is 3.23. The average Bonchev–Trinajstić information content (AvgIpc) is 2.69. The van der Waals surface area contributed by atoms with Crippen molar-refractivity contribution in [2.75, 3.05) is 13.1 Å². The first kappa shape index (κ1) is 19.0. The molecule has 3 aliphatic rings. The van der Waals surface area contributed by atoms with Gasteiger partial charge in [0.25, 0.3) is 0 Å². The van der Waals surface area contributed by atoms with Crippen LogP contribution < -0.4 is 0 Å². The van der Waals surface area contributed by atoms with Gasteiger partial charge < -0.3 is 5.11 Å². The highest BCUT2D eigenvalue weighted by atomic mass is 79.9. The molecule has 1 N–H and O–H groups in total. The first-order valence-corrected chi connectivity index (χ1v) is 10.4. The predicted molar refractivity (Wildman–Crippen MR) is 116 cm³/mol. The first-order chi connectivity index (χ1) is 12.8. The maximum absolute atomic E-state index is 10.1. The monoisotopic (exact) mass is 427 g/mol. The lowest BCUT2D eigenvalue weighted by atomic mass is 9.52. The highest BCUT2D eigenvalue weighted by Crippen LogP contribution is 2.56. The molecule has 0 unspecified atom stereocenters. The maximum Gasteiger partial charge on any atom is 0.115 e. The Labute approximate surface area is 173 Å². The fourth-order valence-electron chi connectivity index (χ4n) is 6.27. The lowest BCUT2D eigenvalue weighted by molar-refractivity contribution is -0.0106. The van der Waals surface area contributed by atoms with Gasteiger partial charge in [-0.25, -0.2) is 0 Å². The smallest absolute Gasteiger partial charge is 0.115 e. The van der Waals surface area contributed by atoms with Gasteiger partial charge in [-0.1, -0.05) is 49.2 Å². The van der Waals surface area contributed by atoms with E-state index in [4.69, 9.17) is 0 Å². The molecule has 2 nitrogen and oxygen atoms in total. The SMILES string of the molecule is Br.Oc1ccc2c(c1)[C@@]13CCCC[C@H]1[C@@H](C2)N(CCc1ccccc1)CC3. The molecule has 2 aromatic rings. The summed E-state index contributed by atoms with van der Waals surface area (Å²) in [5.74, 6) is 1.22. The Hall–Kier alpha value is -1.32. The van der Waals surface area contributed by atoms with Crippen LogP contribution in [0.4, 0.5) is 0 Å². The summed E-state index contributed by atoms with van der Waals surface area (Å²) in [6.45, 7) is 2.39. The summed E-state index contributed by atoms with van der Waals surface area (Å²) in [5, 5.41) is 10.1. The van der Waals surface area contributed by atoms with E-state index >= 15 is 0 Å². The number of hydrogen-bond acceptors (Lipinski definition) is 2. The van der Waals surface area contributed by atoms with Crippen LogP contribution in [-0.4, -0.2) is 29.1 Å². The number of piperidine rings is 1. The number of benzene rings is 2. The number of hydrogen-bond donors (Lipinski definition) is 1. The van der Waals surface area contributed by atoms with Gasteiger partial charge in [-0.2, -0.15) is 0 Å². The summed E-state index contributed by atoms with van der Waals surface area (Å²) < 4.78 is 0. The number of fused-ring (bicyclic) bond motifs is 1. The topological polar surface area (TPSA) is 23.5 Å². The zero-order valence-corrected chi connectivity index (χ0v) is 17.7. The molecule has 3 atom stereocenters. The van der Waals surface area contributed by atoms with Crippen LogP contribution in [0.25, 0.3) is 0 Å². The van der Waals surface area contributed by atoms with Crippen LogP contribution in [0.15, 0.2) is 48.5 Å². The largest absolute Gasteiger partial charge is 0.508 e. The molecule has 2 fully saturated rings. The van der Waals surface area contributed by atoms with Gasteiger partial charge in [0.05, 0.1) is 0 Å². The minimum Gasteiger partial charge on any atom is -0.508 e. The molecule has 3 heteroatoms. The summed E-state index contributed by atoms with van der Waals surface area (Å²) in [7, 11) is 0. The normalized spacial score (nSPS) is 29.3. The van der Waals surface area contributed by atoms with Crippen LogP contribution in [-0.2, 0) is 18.3 Å². The van der Waals surface area contributed by atoms with Crippen LogP contribution in [0.2, 0.25) is 0 Å². The van der Waals surface area contributed by atoms with Crippen molar-refractivity contribution in [3.63, 3.8) is 0 Å². The summed E-state index contributed by atoms with van der Waals surface area (Å²) in [4.78, 5) is 2.79. The van der Waals surface area contributed by atoms with Gasteiger partial charge >= 0.3 is 0 Å². The van der Waals surface area contributed by atoms with Crippen molar-refractivity contribution in [1.82, 2.24) is 4.90 Å². The van der Waals surface area contributed by atoms with E-state index in [1.54, 1.807) is 0 Å². The molecule has 0 amide bonds. The fraction of sp³-hybridized carbons (Fsp3) is 0.500. The minimum absolute atomic E-state index is 0. The van der Waals surface area contributed by atoms with Crippen LogP contribution >= 0.6 is 17.0 Å². The second-order valence-electron chi connectivity index (χ2n) is 8.64. The molecule has 1 aliphatic heterocycles. The number of rotatable bonds is 3. The molecule has 0 aromatic heterocycles. The van der Waals surface area contributed by atoms with Gasteiger partial charge in [0, 0.05) is 18.0 Å². The van der Waals surface area contributed by atoms with Gasteiger partial charge in [-0.05, 0) is 73.4 Å². The molecular formula is C24H30BrNO. The molecule has 2 aliphatic carbocycles. The standard InChI is InChI=1S/C24H29NO.BrH/c26-20-10-9-19-16-23-21-8-4-5-12-24(21,22(19)17-20)13-15-25(23)14-11-18-6-2-1-3-7-18;/h1-3,6-7,9-10,17,21,23,26H,4-5,8,11-16H2;1H/t21-,23+,24+;/m0./s1. The highest BCUT2D eigenvalue weighted by Gasteiger charge is 2.53. The molecule has 1 saturated carbocycles. The lowest BCUT2D eigenvalue weighted by Gasteiger charge is -2.59. The zero-order valence-electron chi connectivity index (χ0n) is 15.9. The molecule has 2 bridgehead atoms. The minimum atomic E-state index is 0. The molecule has 1 heterocycles. The Morgan fingerprint density at radius 1 is 1.04 bits per heavy atom. The van der Waals surface area contributed by atoms with E-state index in [-0.39, 0.29) is 17.0 Å².